The first-order chi connectivity index (χ1) is 14.2. The maximum atomic E-state index is 12.8. The van der Waals surface area contributed by atoms with Crippen molar-refractivity contribution in [3.63, 3.8) is 0 Å². The normalized spacial score (nSPS) is 10.8. The van der Waals surface area contributed by atoms with E-state index < -0.39 is 11.8 Å². The van der Waals surface area contributed by atoms with Crippen molar-refractivity contribution in [2.45, 2.75) is 0 Å². The van der Waals surface area contributed by atoms with Crippen LogP contribution in [0.2, 0.25) is 0 Å². The molecule has 2 amide bonds. The second kappa shape index (κ2) is 9.75. The smallest absolute Gasteiger partial charge is 0.272 e. The van der Waals surface area contributed by atoms with Crippen LogP contribution in [0.15, 0.2) is 95.8 Å². The van der Waals surface area contributed by atoms with Gasteiger partial charge in [0.25, 0.3) is 11.8 Å². The van der Waals surface area contributed by atoms with Gasteiger partial charge >= 0.3 is 0 Å². The molecule has 0 aliphatic heterocycles. The fraction of sp³-hybridized carbons (Fsp3) is 0.0435. The molecule has 2 aromatic carbocycles. The predicted molar refractivity (Wildman–Crippen MR) is 111 cm³/mol. The number of ether oxygens (including phenoxy) is 1. The number of carbonyl (C=O) groups excluding carboxylic acids is 2. The van der Waals surface area contributed by atoms with Crippen molar-refractivity contribution in [2.24, 2.45) is 0 Å². The van der Waals surface area contributed by atoms with Crippen LogP contribution in [0.25, 0.3) is 6.08 Å². The monoisotopic (exact) mass is 388 g/mol. The van der Waals surface area contributed by atoms with Crippen molar-refractivity contribution in [3.8, 4) is 5.75 Å². The first kappa shape index (κ1) is 19.7. The van der Waals surface area contributed by atoms with Crippen LogP contribution in [-0.4, -0.2) is 18.4 Å². The summed E-state index contributed by atoms with van der Waals surface area (Å²) in [5.74, 6) is 0.132. The fourth-order valence-corrected chi connectivity index (χ4v) is 2.48. The van der Waals surface area contributed by atoms with Crippen molar-refractivity contribution in [1.29, 1.82) is 0 Å². The Hall–Kier alpha value is -4.06. The van der Waals surface area contributed by atoms with E-state index >= 15 is 0 Å². The molecule has 1 heterocycles. The van der Waals surface area contributed by atoms with E-state index in [1.807, 2.05) is 6.07 Å². The van der Waals surface area contributed by atoms with Gasteiger partial charge in [-0.05, 0) is 36.4 Å². The van der Waals surface area contributed by atoms with Crippen LogP contribution in [0.3, 0.4) is 0 Å². The minimum Gasteiger partial charge on any atom is -0.489 e. The molecule has 0 radical (unpaired) electrons. The van der Waals surface area contributed by atoms with Crippen molar-refractivity contribution < 1.29 is 18.7 Å². The molecule has 29 heavy (non-hydrogen) atoms. The van der Waals surface area contributed by atoms with Gasteiger partial charge in [0.05, 0.1) is 6.26 Å². The van der Waals surface area contributed by atoms with Crippen molar-refractivity contribution in [1.82, 2.24) is 5.32 Å². The number of anilines is 1. The summed E-state index contributed by atoms with van der Waals surface area (Å²) in [4.78, 5) is 25.4. The maximum absolute atomic E-state index is 12.8. The Kier molecular flexibility index (Phi) is 6.62. The standard InChI is InChI=1S/C23H20N2O4/c1-2-13-28-19-11-6-10-18(15-19)24-23(27)21(16-20-12-7-14-29-20)25-22(26)17-8-4-3-5-9-17/h2-12,14-16H,1,13H2,(H,24,27)(H,25,26)/b21-16-. The van der Waals surface area contributed by atoms with Crippen LogP contribution >= 0.6 is 0 Å². The molecule has 6 heteroatoms. The molecule has 0 saturated heterocycles. The molecule has 1 aromatic heterocycles. The summed E-state index contributed by atoms with van der Waals surface area (Å²) in [5.41, 5.74) is 1.01. The molecule has 146 valence electrons. The van der Waals surface area contributed by atoms with Crippen LogP contribution in [0.5, 0.6) is 5.75 Å². The molecule has 0 spiro atoms. The molecular formula is C23H20N2O4. The highest BCUT2D eigenvalue weighted by Crippen LogP contribution is 2.18. The lowest BCUT2D eigenvalue weighted by Crippen LogP contribution is -2.30. The quantitative estimate of drug-likeness (QED) is 0.446. The van der Waals surface area contributed by atoms with E-state index in [0.717, 1.165) is 0 Å². The minimum absolute atomic E-state index is 0.0474. The second-order valence-electron chi connectivity index (χ2n) is 5.98. The number of nitrogens with one attached hydrogen (secondary N) is 2. The first-order valence-corrected chi connectivity index (χ1v) is 8.92. The van der Waals surface area contributed by atoms with E-state index in [-0.39, 0.29) is 5.70 Å². The number of hydrogen-bond acceptors (Lipinski definition) is 4. The molecule has 6 nitrogen and oxygen atoms in total. The van der Waals surface area contributed by atoms with Gasteiger partial charge in [-0.25, -0.2) is 0 Å². The van der Waals surface area contributed by atoms with Gasteiger partial charge in [0, 0.05) is 23.4 Å². The molecule has 0 aliphatic rings. The van der Waals surface area contributed by atoms with Crippen LogP contribution in [-0.2, 0) is 4.79 Å². The van der Waals surface area contributed by atoms with Gasteiger partial charge in [0.2, 0.25) is 0 Å². The largest absolute Gasteiger partial charge is 0.489 e. The first-order valence-electron chi connectivity index (χ1n) is 8.92. The average Bonchev–Trinajstić information content (AvgIpc) is 3.26. The number of furan rings is 1. The van der Waals surface area contributed by atoms with Crippen LogP contribution in [0.4, 0.5) is 5.69 Å². The Morgan fingerprint density at radius 1 is 1.03 bits per heavy atom. The minimum atomic E-state index is -0.494. The zero-order chi connectivity index (χ0) is 20.5. The molecule has 2 N–H and O–H groups in total. The summed E-state index contributed by atoms with van der Waals surface area (Å²) < 4.78 is 10.8. The number of rotatable bonds is 8. The van der Waals surface area contributed by atoms with Crippen LogP contribution < -0.4 is 15.4 Å². The van der Waals surface area contributed by atoms with Crippen molar-refractivity contribution >= 4 is 23.6 Å². The second-order valence-corrected chi connectivity index (χ2v) is 5.98. The highest BCUT2D eigenvalue weighted by molar-refractivity contribution is 6.10. The summed E-state index contributed by atoms with van der Waals surface area (Å²) >= 11 is 0. The number of amides is 2. The maximum Gasteiger partial charge on any atom is 0.272 e. The number of benzene rings is 2. The molecule has 0 bridgehead atoms. The predicted octanol–water partition coefficient (Wildman–Crippen LogP) is 4.25. The van der Waals surface area contributed by atoms with Gasteiger partial charge < -0.3 is 19.8 Å². The Balaban J connectivity index is 1.79. The van der Waals surface area contributed by atoms with Crippen molar-refractivity contribution in [2.75, 3.05) is 11.9 Å². The van der Waals surface area contributed by atoms with Gasteiger partial charge in [-0.3, -0.25) is 9.59 Å². The van der Waals surface area contributed by atoms with E-state index in [1.165, 1.54) is 12.3 Å². The Morgan fingerprint density at radius 3 is 2.59 bits per heavy atom. The molecule has 0 atom stereocenters. The van der Waals surface area contributed by atoms with Gasteiger partial charge in [0.15, 0.2) is 0 Å². The summed E-state index contributed by atoms with van der Waals surface area (Å²) in [6, 6.07) is 19.0. The summed E-state index contributed by atoms with van der Waals surface area (Å²) in [7, 11) is 0. The summed E-state index contributed by atoms with van der Waals surface area (Å²) in [6.07, 6.45) is 4.59. The lowest BCUT2D eigenvalue weighted by atomic mass is 10.2. The zero-order valence-corrected chi connectivity index (χ0v) is 15.6. The fourth-order valence-electron chi connectivity index (χ4n) is 2.48. The van der Waals surface area contributed by atoms with Gasteiger partial charge in [0.1, 0.15) is 23.8 Å². The van der Waals surface area contributed by atoms with Crippen molar-refractivity contribution in [3.05, 3.63) is 103 Å². The SMILES string of the molecule is C=CCOc1cccc(NC(=O)/C(=C/c2ccco2)NC(=O)c2ccccc2)c1. The van der Waals surface area contributed by atoms with Gasteiger partial charge in [-0.1, -0.05) is 36.9 Å². The van der Waals surface area contributed by atoms with Crippen LogP contribution in [0.1, 0.15) is 16.1 Å². The third-order valence-electron chi connectivity index (χ3n) is 3.82. The third-order valence-corrected chi connectivity index (χ3v) is 3.82. The molecule has 0 aliphatic carbocycles. The van der Waals surface area contributed by atoms with Gasteiger partial charge in [-0.15, -0.1) is 0 Å². The lowest BCUT2D eigenvalue weighted by molar-refractivity contribution is -0.113. The Bertz CT molecular complexity index is 1010. The van der Waals surface area contributed by atoms with E-state index in [2.05, 4.69) is 17.2 Å². The highest BCUT2D eigenvalue weighted by Gasteiger charge is 2.16. The van der Waals surface area contributed by atoms with E-state index in [1.54, 1.807) is 66.7 Å². The highest BCUT2D eigenvalue weighted by atomic mass is 16.5. The zero-order valence-electron chi connectivity index (χ0n) is 15.6. The number of carbonyl (C=O) groups is 2. The molecule has 0 saturated carbocycles. The summed E-state index contributed by atoms with van der Waals surface area (Å²) in [6.45, 7) is 3.96. The molecule has 0 unspecified atom stereocenters. The third kappa shape index (κ3) is 5.71. The molecule has 3 rings (SSSR count). The lowest BCUT2D eigenvalue weighted by Gasteiger charge is -2.12. The van der Waals surface area contributed by atoms with Gasteiger partial charge in [-0.2, -0.15) is 0 Å². The molecule has 0 fully saturated rings. The van der Waals surface area contributed by atoms with E-state index in [0.29, 0.717) is 29.4 Å². The molecular weight excluding hydrogens is 368 g/mol. The Morgan fingerprint density at radius 2 is 1.86 bits per heavy atom. The van der Waals surface area contributed by atoms with E-state index in [4.69, 9.17) is 9.15 Å². The summed E-state index contributed by atoms with van der Waals surface area (Å²) in [5, 5.41) is 5.40. The molecule has 3 aromatic rings. The average molecular weight is 388 g/mol. The topological polar surface area (TPSA) is 80.6 Å². The van der Waals surface area contributed by atoms with Crippen LogP contribution in [0, 0.1) is 0 Å². The van der Waals surface area contributed by atoms with E-state index in [9.17, 15) is 9.59 Å². The Labute approximate surface area is 168 Å². The number of hydrogen-bond donors (Lipinski definition) is 2.